The molecule has 2 nitrogen and oxygen atoms in total. The molecule has 0 radical (unpaired) electrons. The molecule has 0 aliphatic carbocycles. The second-order valence-corrected chi connectivity index (χ2v) is 7.54. The van der Waals surface area contributed by atoms with Crippen LogP contribution in [0.3, 0.4) is 0 Å². The summed E-state index contributed by atoms with van der Waals surface area (Å²) in [5, 5.41) is 3.41. The Kier molecular flexibility index (Phi) is 4.28. The van der Waals surface area contributed by atoms with Gasteiger partial charge < -0.3 is 11.1 Å². The van der Waals surface area contributed by atoms with E-state index >= 15 is 0 Å². The van der Waals surface area contributed by atoms with Crippen molar-refractivity contribution in [2.75, 3.05) is 7.05 Å². The second kappa shape index (κ2) is 4.30. The highest BCUT2D eigenvalue weighted by atomic mass is 14.9. The van der Waals surface area contributed by atoms with Crippen LogP contribution in [0.1, 0.15) is 61.8 Å². The van der Waals surface area contributed by atoms with Crippen molar-refractivity contribution in [2.45, 2.75) is 72.9 Å². The molecule has 2 heteroatoms. The van der Waals surface area contributed by atoms with E-state index in [1.165, 1.54) is 0 Å². The van der Waals surface area contributed by atoms with Gasteiger partial charge >= 0.3 is 0 Å². The van der Waals surface area contributed by atoms with E-state index in [9.17, 15) is 0 Å². The largest absolute Gasteiger partial charge is 0.325 e. The summed E-state index contributed by atoms with van der Waals surface area (Å²) in [6.07, 6.45) is 1.09. The normalized spacial score (nSPS) is 15.4. The lowest BCUT2D eigenvalue weighted by atomic mass is 9.60. The summed E-state index contributed by atoms with van der Waals surface area (Å²) in [5.74, 6) is 0. The van der Waals surface area contributed by atoms with Crippen molar-refractivity contribution in [2.24, 2.45) is 16.6 Å². The fraction of sp³-hybridized carbons (Fsp3) is 1.00. The predicted molar refractivity (Wildman–Crippen MR) is 73.6 cm³/mol. The molecule has 0 aromatic heterocycles. The predicted octanol–water partition coefficient (Wildman–Crippen LogP) is 3.16. The van der Waals surface area contributed by atoms with Crippen molar-refractivity contribution < 1.29 is 0 Å². The molecule has 0 saturated carbocycles. The summed E-state index contributed by atoms with van der Waals surface area (Å²) < 4.78 is 0. The van der Waals surface area contributed by atoms with Crippen molar-refractivity contribution in [3.8, 4) is 0 Å². The third-order valence-corrected chi connectivity index (χ3v) is 4.95. The maximum Gasteiger partial charge on any atom is 0.0173 e. The third-order valence-electron chi connectivity index (χ3n) is 4.95. The van der Waals surface area contributed by atoms with Crippen molar-refractivity contribution >= 4 is 0 Å². The van der Waals surface area contributed by atoms with Gasteiger partial charge in [0.15, 0.2) is 0 Å². The second-order valence-electron chi connectivity index (χ2n) is 7.54. The number of nitrogens with one attached hydrogen (secondary N) is 1. The minimum atomic E-state index is -0.159. The smallest absolute Gasteiger partial charge is 0.0173 e. The Bertz CT molecular complexity index is 232. The lowest BCUT2D eigenvalue weighted by Crippen LogP contribution is -2.55. The highest BCUT2D eigenvalue weighted by Gasteiger charge is 2.44. The molecule has 0 bridgehead atoms. The van der Waals surface area contributed by atoms with Crippen LogP contribution in [0, 0.1) is 10.8 Å². The summed E-state index contributed by atoms with van der Waals surface area (Å²) in [7, 11) is 2.03. The molecule has 0 aromatic carbocycles. The first-order valence-electron chi connectivity index (χ1n) is 6.25. The first kappa shape index (κ1) is 15.9. The first-order valence-corrected chi connectivity index (χ1v) is 6.25. The molecule has 98 valence electrons. The van der Waals surface area contributed by atoms with Gasteiger partial charge in [-0.05, 0) is 52.0 Å². The van der Waals surface area contributed by atoms with E-state index in [0.29, 0.717) is 0 Å². The van der Waals surface area contributed by atoms with E-state index in [1.54, 1.807) is 0 Å². The van der Waals surface area contributed by atoms with Gasteiger partial charge in [0, 0.05) is 11.1 Å². The van der Waals surface area contributed by atoms with E-state index < -0.39 is 0 Å². The van der Waals surface area contributed by atoms with Gasteiger partial charge in [-0.25, -0.2) is 0 Å². The highest BCUT2D eigenvalue weighted by Crippen LogP contribution is 2.45. The zero-order valence-corrected chi connectivity index (χ0v) is 12.8. The standard InChI is InChI=1S/C14H32N2/c1-11(2,13(5,6)15)10-12(3,4)14(7,8)16-9/h16H,10,15H2,1-9H3. The first-order chi connectivity index (χ1) is 6.77. The molecule has 0 heterocycles. The van der Waals surface area contributed by atoms with Crippen LogP contribution in [-0.4, -0.2) is 18.1 Å². The Labute approximate surface area is 102 Å². The SMILES string of the molecule is CNC(C)(C)C(C)(C)CC(C)(C)C(C)(C)N. The monoisotopic (exact) mass is 228 g/mol. The van der Waals surface area contributed by atoms with Crippen LogP contribution >= 0.6 is 0 Å². The number of rotatable bonds is 5. The zero-order valence-electron chi connectivity index (χ0n) is 12.8. The topological polar surface area (TPSA) is 38.0 Å². The van der Waals surface area contributed by atoms with Crippen LogP contribution in [-0.2, 0) is 0 Å². The van der Waals surface area contributed by atoms with E-state index in [2.05, 4.69) is 60.7 Å². The van der Waals surface area contributed by atoms with Crippen LogP contribution < -0.4 is 11.1 Å². The Balaban J connectivity index is 4.99. The molecule has 0 aromatic rings. The molecule has 16 heavy (non-hydrogen) atoms. The van der Waals surface area contributed by atoms with Gasteiger partial charge in [0.1, 0.15) is 0 Å². The fourth-order valence-electron chi connectivity index (χ4n) is 1.89. The Morgan fingerprint density at radius 2 is 1.19 bits per heavy atom. The number of hydrogen-bond donors (Lipinski definition) is 2. The maximum atomic E-state index is 6.28. The molecule has 3 N–H and O–H groups in total. The van der Waals surface area contributed by atoms with Gasteiger partial charge in [0.05, 0.1) is 0 Å². The lowest BCUT2D eigenvalue weighted by Gasteiger charge is -2.50. The molecule has 0 unspecified atom stereocenters. The molecular weight excluding hydrogens is 196 g/mol. The summed E-state index contributed by atoms with van der Waals surface area (Å²) in [6.45, 7) is 17.9. The molecule has 0 amide bonds. The molecule has 0 rings (SSSR count). The van der Waals surface area contributed by atoms with E-state index in [1.807, 2.05) is 7.05 Å². The zero-order chi connectivity index (χ0) is 13.4. The summed E-state index contributed by atoms with van der Waals surface area (Å²) >= 11 is 0. The Hall–Kier alpha value is -0.0800. The maximum absolute atomic E-state index is 6.28. The molecule has 0 saturated heterocycles. The van der Waals surface area contributed by atoms with Crippen molar-refractivity contribution in [3.05, 3.63) is 0 Å². The average molecular weight is 228 g/mol. The molecule has 0 aliphatic heterocycles. The fourth-order valence-corrected chi connectivity index (χ4v) is 1.89. The van der Waals surface area contributed by atoms with Crippen LogP contribution in [0.5, 0.6) is 0 Å². The molecule has 0 atom stereocenters. The Morgan fingerprint density at radius 3 is 1.44 bits per heavy atom. The third kappa shape index (κ3) is 3.21. The molecule has 0 spiro atoms. The Morgan fingerprint density at radius 1 is 0.812 bits per heavy atom. The lowest BCUT2D eigenvalue weighted by molar-refractivity contribution is 0.0559. The van der Waals surface area contributed by atoms with Gasteiger partial charge in [-0.15, -0.1) is 0 Å². The molecule has 0 aliphatic rings. The van der Waals surface area contributed by atoms with Crippen LogP contribution in [0.2, 0.25) is 0 Å². The van der Waals surface area contributed by atoms with Crippen molar-refractivity contribution in [1.29, 1.82) is 0 Å². The quantitative estimate of drug-likeness (QED) is 0.758. The minimum absolute atomic E-state index is 0.107. The van der Waals surface area contributed by atoms with Gasteiger partial charge in [-0.1, -0.05) is 27.7 Å². The molecule has 0 fully saturated rings. The van der Waals surface area contributed by atoms with Gasteiger partial charge in [-0.2, -0.15) is 0 Å². The van der Waals surface area contributed by atoms with Crippen LogP contribution in [0.4, 0.5) is 0 Å². The van der Waals surface area contributed by atoms with Crippen LogP contribution in [0.25, 0.3) is 0 Å². The van der Waals surface area contributed by atoms with E-state index in [-0.39, 0.29) is 21.9 Å². The highest BCUT2D eigenvalue weighted by molar-refractivity contribution is 5.00. The minimum Gasteiger partial charge on any atom is -0.325 e. The number of hydrogen-bond acceptors (Lipinski definition) is 2. The van der Waals surface area contributed by atoms with Crippen molar-refractivity contribution in [3.63, 3.8) is 0 Å². The van der Waals surface area contributed by atoms with E-state index in [4.69, 9.17) is 5.73 Å². The summed E-state index contributed by atoms with van der Waals surface area (Å²) in [4.78, 5) is 0. The van der Waals surface area contributed by atoms with Gasteiger partial charge in [-0.3, -0.25) is 0 Å². The summed E-state index contributed by atoms with van der Waals surface area (Å²) in [5.41, 5.74) is 6.54. The van der Waals surface area contributed by atoms with Crippen LogP contribution in [0.15, 0.2) is 0 Å². The summed E-state index contributed by atoms with van der Waals surface area (Å²) in [6, 6.07) is 0. The van der Waals surface area contributed by atoms with Gasteiger partial charge in [0.2, 0.25) is 0 Å². The number of nitrogens with two attached hydrogens (primary N) is 1. The van der Waals surface area contributed by atoms with E-state index in [0.717, 1.165) is 6.42 Å². The molecular formula is C14H32N2. The van der Waals surface area contributed by atoms with Crippen molar-refractivity contribution in [1.82, 2.24) is 5.32 Å². The average Bonchev–Trinajstić information content (AvgIpc) is 1.99. The van der Waals surface area contributed by atoms with Gasteiger partial charge in [0.25, 0.3) is 0 Å².